The van der Waals surface area contributed by atoms with Crippen molar-refractivity contribution in [3.8, 4) is 0 Å². The lowest BCUT2D eigenvalue weighted by molar-refractivity contribution is -0.139. The van der Waals surface area contributed by atoms with Crippen molar-refractivity contribution in [2.75, 3.05) is 24.0 Å². The number of carboxylic acid groups (broad SMARTS) is 1. The molecule has 0 radical (unpaired) electrons. The molecule has 0 aliphatic heterocycles. The normalized spacial score (nSPS) is 14.3. The third kappa shape index (κ3) is 9.03. The van der Waals surface area contributed by atoms with Gasteiger partial charge in [-0.25, -0.2) is 18.0 Å². The first-order chi connectivity index (χ1) is 9.19. The molecule has 0 bridgehead atoms. The number of sulfone groups is 1. The first kappa shape index (κ1) is 19.0. The molecule has 0 aliphatic rings. The van der Waals surface area contributed by atoms with Gasteiger partial charge in [0.2, 0.25) is 0 Å². The number of carbonyl (C=O) groups is 2. The van der Waals surface area contributed by atoms with Gasteiger partial charge in [-0.3, -0.25) is 0 Å². The molecule has 0 aliphatic carbocycles. The first-order valence-corrected chi connectivity index (χ1v) is 9.61. The van der Waals surface area contributed by atoms with Crippen molar-refractivity contribution in [1.29, 1.82) is 0 Å². The zero-order valence-corrected chi connectivity index (χ0v) is 13.5. The number of carbonyl (C=O) groups excluding carboxylic acids is 1. The minimum Gasteiger partial charge on any atom is -0.480 e. The van der Waals surface area contributed by atoms with E-state index in [9.17, 15) is 18.0 Å². The van der Waals surface area contributed by atoms with E-state index in [1.165, 1.54) is 0 Å². The summed E-state index contributed by atoms with van der Waals surface area (Å²) in [7, 11) is -3.26. The molecule has 9 heteroatoms. The minimum atomic E-state index is -3.26. The summed E-state index contributed by atoms with van der Waals surface area (Å²) in [5, 5.41) is 13.9. The molecule has 0 rings (SSSR count). The standard InChI is InChI=1S/C11H22N2O5S2/c1-4-8(7-19-2)12-11(16)13-9(10(14)15)5-6-20(3,17)18/h8-9H,4-7H2,1-3H3,(H,14,15)(H2,12,13,16). The van der Waals surface area contributed by atoms with Gasteiger partial charge in [-0.1, -0.05) is 6.92 Å². The molecule has 3 N–H and O–H groups in total. The van der Waals surface area contributed by atoms with E-state index in [0.29, 0.717) is 0 Å². The number of hydrogen-bond donors (Lipinski definition) is 3. The van der Waals surface area contributed by atoms with Crippen LogP contribution >= 0.6 is 11.8 Å². The van der Waals surface area contributed by atoms with Crippen molar-refractivity contribution < 1.29 is 23.1 Å². The molecule has 0 aromatic rings. The molecule has 0 aromatic carbocycles. The molecule has 118 valence electrons. The Morgan fingerprint density at radius 2 is 1.90 bits per heavy atom. The lowest BCUT2D eigenvalue weighted by atomic mass is 10.2. The van der Waals surface area contributed by atoms with Crippen molar-refractivity contribution in [3.05, 3.63) is 0 Å². The van der Waals surface area contributed by atoms with Gasteiger partial charge < -0.3 is 15.7 Å². The second kappa shape index (κ2) is 9.06. The Morgan fingerprint density at radius 1 is 1.30 bits per heavy atom. The molecule has 0 saturated carbocycles. The molecule has 7 nitrogen and oxygen atoms in total. The van der Waals surface area contributed by atoms with Crippen LogP contribution in [0.1, 0.15) is 19.8 Å². The van der Waals surface area contributed by atoms with Crippen molar-refractivity contribution in [2.45, 2.75) is 31.8 Å². The van der Waals surface area contributed by atoms with Gasteiger partial charge in [0.05, 0.1) is 5.75 Å². The Bertz CT molecular complexity index is 425. The number of aliphatic carboxylic acids is 1. The van der Waals surface area contributed by atoms with Crippen LogP contribution in [0.25, 0.3) is 0 Å². The lowest BCUT2D eigenvalue weighted by Gasteiger charge is -2.19. The van der Waals surface area contributed by atoms with E-state index in [0.717, 1.165) is 18.4 Å². The molecule has 0 fully saturated rings. The summed E-state index contributed by atoms with van der Waals surface area (Å²) >= 11 is 1.58. The molecule has 2 unspecified atom stereocenters. The minimum absolute atomic E-state index is 0.0469. The lowest BCUT2D eigenvalue weighted by Crippen LogP contribution is -2.50. The summed E-state index contributed by atoms with van der Waals surface area (Å²) in [5.41, 5.74) is 0. The second-order valence-corrected chi connectivity index (χ2v) is 7.66. The highest BCUT2D eigenvalue weighted by Gasteiger charge is 2.22. The van der Waals surface area contributed by atoms with Crippen molar-refractivity contribution in [2.24, 2.45) is 0 Å². The SMILES string of the molecule is CCC(CSC)NC(=O)NC(CCS(C)(=O)=O)C(=O)O. The quantitative estimate of drug-likeness (QED) is 0.562. The number of urea groups is 1. The average molecular weight is 326 g/mol. The summed E-state index contributed by atoms with van der Waals surface area (Å²) in [6, 6.07) is -1.85. The van der Waals surface area contributed by atoms with Gasteiger partial charge in [0, 0.05) is 18.1 Å². The largest absolute Gasteiger partial charge is 0.480 e. The third-order valence-corrected chi connectivity index (χ3v) is 4.29. The monoisotopic (exact) mass is 326 g/mol. The number of rotatable bonds is 9. The van der Waals surface area contributed by atoms with E-state index in [4.69, 9.17) is 5.11 Å². The highest BCUT2D eigenvalue weighted by molar-refractivity contribution is 7.98. The zero-order chi connectivity index (χ0) is 15.8. The number of hydrogen-bond acceptors (Lipinski definition) is 5. The maximum atomic E-state index is 11.7. The summed E-state index contributed by atoms with van der Waals surface area (Å²) in [4.78, 5) is 22.7. The van der Waals surface area contributed by atoms with Crippen molar-refractivity contribution in [3.63, 3.8) is 0 Å². The van der Waals surface area contributed by atoms with Crippen LogP contribution in [-0.4, -0.2) is 61.6 Å². The summed E-state index contributed by atoms with van der Waals surface area (Å²) in [5.74, 6) is -0.807. The molecular formula is C11H22N2O5S2. The Hall–Kier alpha value is -0.960. The maximum Gasteiger partial charge on any atom is 0.326 e. The Balaban J connectivity index is 4.44. The fourth-order valence-electron chi connectivity index (χ4n) is 1.44. The van der Waals surface area contributed by atoms with Gasteiger partial charge in [0.25, 0.3) is 0 Å². The molecular weight excluding hydrogens is 304 g/mol. The highest BCUT2D eigenvalue weighted by Crippen LogP contribution is 2.02. The van der Waals surface area contributed by atoms with Crippen LogP contribution in [0.5, 0.6) is 0 Å². The van der Waals surface area contributed by atoms with E-state index in [-0.39, 0.29) is 18.2 Å². The second-order valence-electron chi connectivity index (χ2n) is 4.49. The van der Waals surface area contributed by atoms with E-state index in [1.54, 1.807) is 11.8 Å². The molecule has 0 spiro atoms. The fourth-order valence-corrected chi connectivity index (χ4v) is 2.82. The fraction of sp³-hybridized carbons (Fsp3) is 0.818. The van der Waals surface area contributed by atoms with Gasteiger partial charge in [-0.2, -0.15) is 11.8 Å². The predicted octanol–water partition coefficient (Wildman–Crippen LogP) is 0.315. The Labute approximate surface area is 123 Å². The predicted molar refractivity (Wildman–Crippen MR) is 79.9 cm³/mol. The first-order valence-electron chi connectivity index (χ1n) is 6.16. The molecule has 2 atom stereocenters. The van der Waals surface area contributed by atoms with Crippen LogP contribution in [0.15, 0.2) is 0 Å². The van der Waals surface area contributed by atoms with Crippen LogP contribution in [0.2, 0.25) is 0 Å². The van der Waals surface area contributed by atoms with Crippen LogP contribution < -0.4 is 10.6 Å². The van der Waals surface area contributed by atoms with Crippen molar-refractivity contribution >= 4 is 33.6 Å². The summed E-state index contributed by atoms with van der Waals surface area (Å²) in [6.07, 6.45) is 3.52. The number of nitrogens with one attached hydrogen (secondary N) is 2. The smallest absolute Gasteiger partial charge is 0.326 e. The van der Waals surface area contributed by atoms with Gasteiger partial charge in [-0.15, -0.1) is 0 Å². The average Bonchev–Trinajstić information content (AvgIpc) is 2.32. The molecule has 0 heterocycles. The van der Waals surface area contributed by atoms with Gasteiger partial charge in [-0.05, 0) is 19.1 Å². The van der Waals surface area contributed by atoms with Gasteiger partial charge in [0.1, 0.15) is 15.9 Å². The Morgan fingerprint density at radius 3 is 2.30 bits per heavy atom. The van der Waals surface area contributed by atoms with E-state index in [1.807, 2.05) is 13.2 Å². The van der Waals surface area contributed by atoms with E-state index < -0.39 is 27.9 Å². The van der Waals surface area contributed by atoms with E-state index >= 15 is 0 Å². The third-order valence-electron chi connectivity index (χ3n) is 2.58. The highest BCUT2D eigenvalue weighted by atomic mass is 32.2. The van der Waals surface area contributed by atoms with Crippen LogP contribution in [0.3, 0.4) is 0 Å². The topological polar surface area (TPSA) is 113 Å². The molecule has 2 amide bonds. The van der Waals surface area contributed by atoms with Crippen LogP contribution in [-0.2, 0) is 14.6 Å². The van der Waals surface area contributed by atoms with Crippen LogP contribution in [0, 0.1) is 0 Å². The maximum absolute atomic E-state index is 11.7. The number of carboxylic acids is 1. The summed E-state index contributed by atoms with van der Waals surface area (Å²) < 4.78 is 22.1. The van der Waals surface area contributed by atoms with Crippen molar-refractivity contribution in [1.82, 2.24) is 10.6 Å². The number of thioether (sulfide) groups is 1. The molecule has 0 aromatic heterocycles. The Kier molecular flexibility index (Phi) is 8.63. The zero-order valence-electron chi connectivity index (χ0n) is 11.9. The summed E-state index contributed by atoms with van der Waals surface area (Å²) in [6.45, 7) is 1.92. The molecule has 0 saturated heterocycles. The molecule has 20 heavy (non-hydrogen) atoms. The number of amides is 2. The van der Waals surface area contributed by atoms with Gasteiger partial charge in [0.15, 0.2) is 0 Å². The van der Waals surface area contributed by atoms with Gasteiger partial charge >= 0.3 is 12.0 Å². The van der Waals surface area contributed by atoms with Crippen LogP contribution in [0.4, 0.5) is 4.79 Å². The van der Waals surface area contributed by atoms with E-state index in [2.05, 4.69) is 10.6 Å².